The van der Waals surface area contributed by atoms with Gasteiger partial charge in [0.1, 0.15) is 0 Å². The van der Waals surface area contributed by atoms with Crippen LogP contribution in [0.4, 0.5) is 0 Å². The molecule has 4 heteroatoms. The van der Waals surface area contributed by atoms with Gasteiger partial charge in [-0.3, -0.25) is 4.68 Å². The van der Waals surface area contributed by atoms with Crippen LogP contribution >= 0.6 is 0 Å². The first-order chi connectivity index (χ1) is 6.06. The molecule has 0 radical (unpaired) electrons. The average molecular weight is 179 g/mol. The zero-order chi connectivity index (χ0) is 10.0. The fourth-order valence-corrected chi connectivity index (χ4v) is 1.25. The first-order valence-corrected chi connectivity index (χ1v) is 4.14. The maximum atomic E-state index is 9.71. The zero-order valence-electron chi connectivity index (χ0n) is 8.02. The van der Waals surface area contributed by atoms with Crippen LogP contribution in [0.25, 0.3) is 0 Å². The molecular weight excluding hydrogens is 166 g/mol. The molecule has 0 aromatic carbocycles. The van der Waals surface area contributed by atoms with Crippen LogP contribution in [-0.4, -0.2) is 14.9 Å². The van der Waals surface area contributed by atoms with Crippen LogP contribution in [0.1, 0.15) is 24.3 Å². The summed E-state index contributed by atoms with van der Waals surface area (Å²) in [6, 6.07) is 2.01. The Morgan fingerprint density at radius 2 is 2.31 bits per heavy atom. The third-order valence-corrected chi connectivity index (χ3v) is 2.05. The van der Waals surface area contributed by atoms with Crippen molar-refractivity contribution in [2.24, 2.45) is 13.0 Å². The largest absolute Gasteiger partial charge is 0.387 e. The second kappa shape index (κ2) is 3.58. The summed E-state index contributed by atoms with van der Waals surface area (Å²) >= 11 is 0. The minimum absolute atomic E-state index is 0.400. The number of aliphatic hydroxyl groups is 1. The molecule has 2 atom stereocenters. The molecule has 0 saturated heterocycles. The summed E-state index contributed by atoms with van der Waals surface area (Å²) in [7, 11) is 1.79. The summed E-state index contributed by atoms with van der Waals surface area (Å²) in [5.41, 5.74) is 1.51. The van der Waals surface area contributed by atoms with Gasteiger partial charge in [-0.05, 0) is 13.8 Å². The van der Waals surface area contributed by atoms with Crippen molar-refractivity contribution in [2.75, 3.05) is 0 Å². The zero-order valence-corrected chi connectivity index (χ0v) is 8.02. The van der Waals surface area contributed by atoms with Crippen LogP contribution in [0, 0.1) is 24.2 Å². The summed E-state index contributed by atoms with van der Waals surface area (Å²) in [6.45, 7) is 3.51. The predicted octanol–water partition coefficient (Wildman–Crippen LogP) is 0.922. The molecule has 0 aliphatic carbocycles. The van der Waals surface area contributed by atoms with Crippen LogP contribution < -0.4 is 0 Å². The quantitative estimate of drug-likeness (QED) is 0.734. The fourth-order valence-electron chi connectivity index (χ4n) is 1.25. The highest BCUT2D eigenvalue weighted by Gasteiger charge is 2.19. The molecule has 4 nitrogen and oxygen atoms in total. The van der Waals surface area contributed by atoms with Gasteiger partial charge in [-0.15, -0.1) is 0 Å². The van der Waals surface area contributed by atoms with Crippen LogP contribution in [0.3, 0.4) is 0 Å². The molecule has 1 aromatic rings. The van der Waals surface area contributed by atoms with E-state index >= 15 is 0 Å². The Hall–Kier alpha value is -1.34. The standard InChI is InChI=1S/C9H13N3O/c1-6(4-10)9(13)8-5-12(3)11-7(8)2/h5-6,9,13H,1-3H3. The Labute approximate surface area is 77.4 Å². The molecule has 0 aliphatic heterocycles. The lowest BCUT2D eigenvalue weighted by Gasteiger charge is -2.10. The van der Waals surface area contributed by atoms with Crippen LogP contribution in [0.15, 0.2) is 6.20 Å². The van der Waals surface area contributed by atoms with E-state index in [1.165, 1.54) is 0 Å². The van der Waals surface area contributed by atoms with Gasteiger partial charge in [-0.2, -0.15) is 10.4 Å². The summed E-state index contributed by atoms with van der Waals surface area (Å²) in [4.78, 5) is 0. The third-order valence-electron chi connectivity index (χ3n) is 2.05. The maximum Gasteiger partial charge on any atom is 0.0978 e. The molecule has 0 bridgehead atoms. The summed E-state index contributed by atoms with van der Waals surface area (Å²) in [6.07, 6.45) is 1.01. The fraction of sp³-hybridized carbons (Fsp3) is 0.556. The average Bonchev–Trinajstić information content (AvgIpc) is 2.42. The molecule has 1 rings (SSSR count). The Morgan fingerprint density at radius 1 is 1.69 bits per heavy atom. The minimum Gasteiger partial charge on any atom is -0.387 e. The monoisotopic (exact) mass is 179 g/mol. The van der Waals surface area contributed by atoms with E-state index in [2.05, 4.69) is 5.10 Å². The number of hydrogen-bond donors (Lipinski definition) is 1. The van der Waals surface area contributed by atoms with Gasteiger partial charge < -0.3 is 5.11 Å². The number of aromatic nitrogens is 2. The van der Waals surface area contributed by atoms with Crippen molar-refractivity contribution < 1.29 is 5.11 Å². The molecule has 1 heterocycles. The lowest BCUT2D eigenvalue weighted by Crippen LogP contribution is -2.07. The number of aliphatic hydroxyl groups excluding tert-OH is 1. The topological polar surface area (TPSA) is 61.8 Å². The van der Waals surface area contributed by atoms with Crippen LogP contribution in [0.5, 0.6) is 0 Å². The molecule has 1 N–H and O–H groups in total. The molecule has 0 fully saturated rings. The normalized spacial score (nSPS) is 15.0. The first-order valence-electron chi connectivity index (χ1n) is 4.14. The van der Waals surface area contributed by atoms with Crippen molar-refractivity contribution in [3.63, 3.8) is 0 Å². The van der Waals surface area contributed by atoms with E-state index in [-0.39, 0.29) is 0 Å². The van der Waals surface area contributed by atoms with Gasteiger partial charge in [-0.1, -0.05) is 0 Å². The highest BCUT2D eigenvalue weighted by Crippen LogP contribution is 2.22. The minimum atomic E-state index is -0.737. The SMILES string of the molecule is Cc1nn(C)cc1C(O)C(C)C#N. The van der Waals surface area contributed by atoms with E-state index in [4.69, 9.17) is 5.26 Å². The Balaban J connectivity index is 2.95. The number of nitriles is 1. The summed E-state index contributed by atoms with van der Waals surface area (Å²) < 4.78 is 1.64. The van der Waals surface area contributed by atoms with E-state index < -0.39 is 12.0 Å². The Bertz CT molecular complexity index is 337. The summed E-state index contributed by atoms with van der Waals surface area (Å²) in [5, 5.41) is 22.4. The van der Waals surface area contributed by atoms with Crippen LogP contribution in [0.2, 0.25) is 0 Å². The lowest BCUT2D eigenvalue weighted by atomic mass is 10.00. The van der Waals surface area contributed by atoms with E-state index in [9.17, 15) is 5.11 Å². The van der Waals surface area contributed by atoms with E-state index in [0.717, 1.165) is 11.3 Å². The molecule has 0 saturated carbocycles. The van der Waals surface area contributed by atoms with Crippen molar-refractivity contribution in [2.45, 2.75) is 20.0 Å². The number of rotatable bonds is 2. The number of hydrogen-bond acceptors (Lipinski definition) is 3. The second-order valence-corrected chi connectivity index (χ2v) is 3.21. The molecule has 0 aliphatic rings. The van der Waals surface area contributed by atoms with Gasteiger partial charge in [0, 0.05) is 18.8 Å². The second-order valence-electron chi connectivity index (χ2n) is 3.21. The number of aryl methyl sites for hydroxylation is 2. The van der Waals surface area contributed by atoms with Gasteiger partial charge >= 0.3 is 0 Å². The van der Waals surface area contributed by atoms with Gasteiger partial charge in [0.05, 0.1) is 23.8 Å². The molecule has 0 amide bonds. The van der Waals surface area contributed by atoms with E-state index in [0.29, 0.717) is 0 Å². The lowest BCUT2D eigenvalue weighted by molar-refractivity contribution is 0.142. The third kappa shape index (κ3) is 1.87. The number of nitrogens with zero attached hydrogens (tertiary/aromatic N) is 3. The van der Waals surface area contributed by atoms with Gasteiger partial charge in [0.25, 0.3) is 0 Å². The van der Waals surface area contributed by atoms with Crippen LogP contribution in [-0.2, 0) is 7.05 Å². The van der Waals surface area contributed by atoms with E-state index in [1.54, 1.807) is 24.9 Å². The van der Waals surface area contributed by atoms with Crippen molar-refractivity contribution in [3.8, 4) is 6.07 Å². The van der Waals surface area contributed by atoms with E-state index in [1.807, 2.05) is 13.0 Å². The van der Waals surface area contributed by atoms with Gasteiger partial charge in [-0.25, -0.2) is 0 Å². The van der Waals surface area contributed by atoms with Gasteiger partial charge in [0.2, 0.25) is 0 Å². The highest BCUT2D eigenvalue weighted by molar-refractivity contribution is 5.20. The first kappa shape index (κ1) is 9.75. The highest BCUT2D eigenvalue weighted by atomic mass is 16.3. The van der Waals surface area contributed by atoms with Crippen molar-refractivity contribution >= 4 is 0 Å². The van der Waals surface area contributed by atoms with Crippen molar-refractivity contribution in [3.05, 3.63) is 17.5 Å². The molecule has 13 heavy (non-hydrogen) atoms. The molecule has 0 spiro atoms. The van der Waals surface area contributed by atoms with Crippen molar-refractivity contribution in [1.82, 2.24) is 9.78 Å². The maximum absolute atomic E-state index is 9.71. The molecule has 2 unspecified atom stereocenters. The molecular formula is C9H13N3O. The smallest absolute Gasteiger partial charge is 0.0978 e. The van der Waals surface area contributed by atoms with Gasteiger partial charge in [0.15, 0.2) is 0 Å². The predicted molar refractivity (Wildman–Crippen MR) is 47.7 cm³/mol. The Kier molecular flexibility index (Phi) is 2.69. The van der Waals surface area contributed by atoms with Crippen molar-refractivity contribution in [1.29, 1.82) is 5.26 Å². The molecule has 70 valence electrons. The Morgan fingerprint density at radius 3 is 2.69 bits per heavy atom. The molecule has 1 aromatic heterocycles. The summed E-state index contributed by atoms with van der Waals surface area (Å²) in [5.74, 6) is -0.400.